The number of carbonyl (C=O) groups is 1. The van der Waals surface area contributed by atoms with Crippen molar-refractivity contribution in [1.29, 1.82) is 5.26 Å². The first-order valence-electron chi connectivity index (χ1n) is 8.36. The van der Waals surface area contributed by atoms with Gasteiger partial charge in [0, 0.05) is 30.8 Å². The standard InChI is InChI=1S/C19H19FN4O/c1-13(12-21)19(25)24-9-6-14(7-10-24)18-22-8-5-17(23-18)15-3-2-4-16(20)11-15/h2-5,8,11,13-14H,6-7,9-10H2,1H3. The molecule has 0 aliphatic carbocycles. The molecule has 1 aliphatic rings. The van der Waals surface area contributed by atoms with E-state index in [4.69, 9.17) is 5.26 Å². The first kappa shape index (κ1) is 17.0. The Labute approximate surface area is 146 Å². The summed E-state index contributed by atoms with van der Waals surface area (Å²) in [6, 6.07) is 10.1. The number of carbonyl (C=O) groups excluding carboxylic acids is 1. The van der Waals surface area contributed by atoms with E-state index in [1.54, 1.807) is 30.2 Å². The van der Waals surface area contributed by atoms with Crippen LogP contribution in [0.2, 0.25) is 0 Å². The zero-order valence-electron chi connectivity index (χ0n) is 14.0. The SMILES string of the molecule is CC(C#N)C(=O)N1CCC(c2nccc(-c3cccc(F)c3)n2)CC1. The maximum absolute atomic E-state index is 13.4. The molecule has 3 rings (SSSR count). The van der Waals surface area contributed by atoms with Crippen LogP contribution in [0.15, 0.2) is 36.5 Å². The van der Waals surface area contributed by atoms with Crippen molar-refractivity contribution in [2.75, 3.05) is 13.1 Å². The van der Waals surface area contributed by atoms with Crippen molar-refractivity contribution in [2.24, 2.45) is 5.92 Å². The minimum atomic E-state index is -0.607. The minimum absolute atomic E-state index is 0.115. The third-order valence-corrected chi connectivity index (χ3v) is 4.53. The van der Waals surface area contributed by atoms with Gasteiger partial charge in [0.2, 0.25) is 5.91 Å². The largest absolute Gasteiger partial charge is 0.342 e. The molecule has 6 heteroatoms. The molecule has 1 aromatic carbocycles. The van der Waals surface area contributed by atoms with Gasteiger partial charge in [-0.3, -0.25) is 4.79 Å². The van der Waals surface area contributed by atoms with E-state index in [-0.39, 0.29) is 17.6 Å². The van der Waals surface area contributed by atoms with Crippen LogP contribution in [0.5, 0.6) is 0 Å². The van der Waals surface area contributed by atoms with Gasteiger partial charge < -0.3 is 4.90 Å². The lowest BCUT2D eigenvalue weighted by Crippen LogP contribution is -2.40. The number of piperidine rings is 1. The highest BCUT2D eigenvalue weighted by molar-refractivity contribution is 5.80. The monoisotopic (exact) mass is 338 g/mol. The van der Waals surface area contributed by atoms with Gasteiger partial charge in [-0.15, -0.1) is 0 Å². The zero-order valence-corrected chi connectivity index (χ0v) is 14.0. The molecule has 0 radical (unpaired) electrons. The maximum atomic E-state index is 13.4. The van der Waals surface area contributed by atoms with Crippen molar-refractivity contribution in [3.8, 4) is 17.3 Å². The fraction of sp³-hybridized carbons (Fsp3) is 0.368. The van der Waals surface area contributed by atoms with Gasteiger partial charge in [0.1, 0.15) is 17.6 Å². The van der Waals surface area contributed by atoms with E-state index in [9.17, 15) is 9.18 Å². The van der Waals surface area contributed by atoms with Crippen LogP contribution in [0.3, 0.4) is 0 Å². The Morgan fingerprint density at radius 1 is 1.36 bits per heavy atom. The second-order valence-electron chi connectivity index (χ2n) is 6.26. The predicted molar refractivity (Wildman–Crippen MR) is 90.8 cm³/mol. The molecule has 0 bridgehead atoms. The number of rotatable bonds is 3. The van der Waals surface area contributed by atoms with Crippen LogP contribution >= 0.6 is 0 Å². The maximum Gasteiger partial charge on any atom is 0.239 e. The zero-order chi connectivity index (χ0) is 17.8. The highest BCUT2D eigenvalue weighted by atomic mass is 19.1. The van der Waals surface area contributed by atoms with E-state index in [1.165, 1.54) is 12.1 Å². The molecule has 128 valence electrons. The van der Waals surface area contributed by atoms with Crippen LogP contribution in [0, 0.1) is 23.1 Å². The molecule has 1 fully saturated rings. The number of amides is 1. The number of nitriles is 1. The summed E-state index contributed by atoms with van der Waals surface area (Å²) in [5, 5.41) is 8.88. The van der Waals surface area contributed by atoms with Gasteiger partial charge in [0.15, 0.2) is 0 Å². The summed E-state index contributed by atoms with van der Waals surface area (Å²) in [6.45, 7) is 2.83. The summed E-state index contributed by atoms with van der Waals surface area (Å²) in [5.74, 6) is -0.132. The molecule has 0 spiro atoms. The number of benzene rings is 1. The number of likely N-dealkylation sites (tertiary alicyclic amines) is 1. The van der Waals surface area contributed by atoms with Gasteiger partial charge in [0.25, 0.3) is 0 Å². The topological polar surface area (TPSA) is 69.9 Å². The van der Waals surface area contributed by atoms with Crippen LogP contribution in [-0.4, -0.2) is 33.9 Å². The van der Waals surface area contributed by atoms with Gasteiger partial charge >= 0.3 is 0 Å². The molecule has 1 unspecified atom stereocenters. The Bertz CT molecular complexity index is 809. The molecule has 2 aromatic rings. The molecule has 1 saturated heterocycles. The first-order valence-corrected chi connectivity index (χ1v) is 8.36. The van der Waals surface area contributed by atoms with Crippen LogP contribution in [-0.2, 0) is 4.79 Å². The van der Waals surface area contributed by atoms with E-state index < -0.39 is 5.92 Å². The van der Waals surface area contributed by atoms with Crippen LogP contribution in [0.1, 0.15) is 31.5 Å². The van der Waals surface area contributed by atoms with Gasteiger partial charge in [-0.2, -0.15) is 5.26 Å². The fourth-order valence-corrected chi connectivity index (χ4v) is 3.07. The van der Waals surface area contributed by atoms with Crippen molar-refractivity contribution in [2.45, 2.75) is 25.7 Å². The number of hydrogen-bond acceptors (Lipinski definition) is 4. The minimum Gasteiger partial charge on any atom is -0.342 e. The molecule has 2 heterocycles. The molecule has 0 N–H and O–H groups in total. The molecule has 0 saturated carbocycles. The highest BCUT2D eigenvalue weighted by Gasteiger charge is 2.27. The van der Waals surface area contributed by atoms with Crippen LogP contribution in [0.25, 0.3) is 11.3 Å². The normalized spacial score (nSPS) is 16.3. The van der Waals surface area contributed by atoms with Gasteiger partial charge in [0.05, 0.1) is 11.8 Å². The lowest BCUT2D eigenvalue weighted by atomic mass is 9.95. The summed E-state index contributed by atoms with van der Waals surface area (Å²) in [4.78, 5) is 22.8. The summed E-state index contributed by atoms with van der Waals surface area (Å²) in [6.07, 6.45) is 3.21. The first-order chi connectivity index (χ1) is 12.1. The molecule has 25 heavy (non-hydrogen) atoms. The second kappa shape index (κ2) is 7.39. The number of nitrogens with zero attached hydrogens (tertiary/aromatic N) is 4. The van der Waals surface area contributed by atoms with Crippen molar-refractivity contribution in [1.82, 2.24) is 14.9 Å². The lowest BCUT2D eigenvalue weighted by Gasteiger charge is -2.32. The molecule has 1 aromatic heterocycles. The van der Waals surface area contributed by atoms with E-state index in [1.807, 2.05) is 12.1 Å². The average Bonchev–Trinajstić information content (AvgIpc) is 2.67. The third kappa shape index (κ3) is 3.82. The Morgan fingerprint density at radius 3 is 2.80 bits per heavy atom. The Kier molecular flexibility index (Phi) is 5.03. The molecular weight excluding hydrogens is 319 g/mol. The van der Waals surface area contributed by atoms with Crippen LogP contribution in [0.4, 0.5) is 4.39 Å². The molecular formula is C19H19FN4O. The van der Waals surface area contributed by atoms with Crippen LogP contribution < -0.4 is 0 Å². The molecule has 1 aliphatic heterocycles. The van der Waals surface area contributed by atoms with Gasteiger partial charge in [-0.05, 0) is 38.0 Å². The van der Waals surface area contributed by atoms with E-state index in [2.05, 4.69) is 9.97 Å². The second-order valence-corrected chi connectivity index (χ2v) is 6.26. The van der Waals surface area contributed by atoms with Crippen molar-refractivity contribution in [3.63, 3.8) is 0 Å². The Balaban J connectivity index is 1.71. The van der Waals surface area contributed by atoms with Crippen molar-refractivity contribution >= 4 is 5.91 Å². The van der Waals surface area contributed by atoms with Gasteiger partial charge in [-0.25, -0.2) is 14.4 Å². The van der Waals surface area contributed by atoms with Crippen molar-refractivity contribution < 1.29 is 9.18 Å². The lowest BCUT2D eigenvalue weighted by molar-refractivity contribution is -0.134. The van der Waals surface area contributed by atoms with E-state index >= 15 is 0 Å². The molecule has 1 amide bonds. The number of hydrogen-bond donors (Lipinski definition) is 0. The third-order valence-electron chi connectivity index (χ3n) is 4.53. The van der Waals surface area contributed by atoms with Crippen molar-refractivity contribution in [3.05, 3.63) is 48.2 Å². The summed E-state index contributed by atoms with van der Waals surface area (Å²) < 4.78 is 13.4. The number of halogens is 1. The average molecular weight is 338 g/mol. The Hall–Kier alpha value is -2.81. The van der Waals surface area contributed by atoms with E-state index in [0.717, 1.165) is 24.2 Å². The summed E-state index contributed by atoms with van der Waals surface area (Å²) in [5.41, 5.74) is 1.42. The quantitative estimate of drug-likeness (QED) is 0.862. The summed E-state index contributed by atoms with van der Waals surface area (Å²) >= 11 is 0. The van der Waals surface area contributed by atoms with E-state index in [0.29, 0.717) is 18.8 Å². The predicted octanol–water partition coefficient (Wildman–Crippen LogP) is 3.15. The highest BCUT2D eigenvalue weighted by Crippen LogP contribution is 2.28. The smallest absolute Gasteiger partial charge is 0.239 e. The summed E-state index contributed by atoms with van der Waals surface area (Å²) in [7, 11) is 0. The number of aromatic nitrogens is 2. The Morgan fingerprint density at radius 2 is 2.12 bits per heavy atom. The molecule has 5 nitrogen and oxygen atoms in total. The molecule has 1 atom stereocenters. The fourth-order valence-electron chi connectivity index (χ4n) is 3.07. The van der Waals surface area contributed by atoms with Gasteiger partial charge in [-0.1, -0.05) is 12.1 Å².